The summed E-state index contributed by atoms with van der Waals surface area (Å²) in [6.07, 6.45) is 0. The molecule has 0 saturated carbocycles. The molecule has 0 heterocycles. The van der Waals surface area contributed by atoms with Crippen molar-refractivity contribution in [1.29, 1.82) is 0 Å². The maximum Gasteiger partial charge on any atom is 0.167 e. The van der Waals surface area contributed by atoms with E-state index in [0.29, 0.717) is 17.0 Å². The molecule has 0 amide bonds. The maximum absolute atomic E-state index is 14.0. The largest absolute Gasteiger partial charge is 0.454 e. The molecular weight excluding hydrogens is 387 g/mol. The van der Waals surface area contributed by atoms with Crippen LogP contribution in [-0.2, 0) is 5.33 Å². The number of halogens is 3. The summed E-state index contributed by atoms with van der Waals surface area (Å²) >= 11 is 6.82. The zero-order chi connectivity index (χ0) is 14.7. The van der Waals surface area contributed by atoms with Crippen LogP contribution in [0.2, 0.25) is 0 Å². The second-order valence-corrected chi connectivity index (χ2v) is 6.28. The first kappa shape index (κ1) is 15.5. The highest BCUT2D eigenvalue weighted by molar-refractivity contribution is 9.10. The van der Waals surface area contributed by atoms with E-state index in [1.807, 2.05) is 24.3 Å². The first-order valence-corrected chi connectivity index (χ1v) is 8.25. The molecule has 0 aliphatic rings. The summed E-state index contributed by atoms with van der Waals surface area (Å²) in [5, 5.41) is 0.549. The van der Waals surface area contributed by atoms with Crippen molar-refractivity contribution in [3.05, 3.63) is 57.8 Å². The van der Waals surface area contributed by atoms with Gasteiger partial charge in [0.2, 0.25) is 0 Å². The molecule has 0 radical (unpaired) electrons. The molecule has 0 aromatic heterocycles. The van der Waals surface area contributed by atoms with Crippen molar-refractivity contribution in [2.75, 3.05) is 0 Å². The normalized spacial score (nSPS) is 10.9. The lowest BCUT2D eigenvalue weighted by molar-refractivity contribution is 0.432. The van der Waals surface area contributed by atoms with Crippen molar-refractivity contribution in [2.24, 2.45) is 0 Å². The minimum absolute atomic E-state index is 0.286. The molecule has 0 saturated heterocycles. The van der Waals surface area contributed by atoms with Crippen molar-refractivity contribution < 1.29 is 9.13 Å². The smallest absolute Gasteiger partial charge is 0.167 e. The number of hydrogen-bond acceptors (Lipinski definition) is 1. The Bertz CT molecular complexity index is 611. The summed E-state index contributed by atoms with van der Waals surface area (Å²) in [5.41, 5.74) is 1.84. The molecule has 0 spiro atoms. The van der Waals surface area contributed by atoms with Crippen molar-refractivity contribution in [2.45, 2.75) is 25.1 Å². The number of rotatable bonds is 4. The fourth-order valence-corrected chi connectivity index (χ4v) is 2.77. The number of para-hydroxylation sites is 1. The van der Waals surface area contributed by atoms with Crippen LogP contribution in [0.15, 0.2) is 40.9 Å². The Labute approximate surface area is 135 Å². The Hall–Kier alpha value is -0.870. The van der Waals surface area contributed by atoms with Crippen molar-refractivity contribution in [3.63, 3.8) is 0 Å². The highest BCUT2D eigenvalue weighted by Gasteiger charge is 2.14. The summed E-state index contributed by atoms with van der Waals surface area (Å²) in [6, 6.07) is 10.7. The minimum Gasteiger partial charge on any atom is -0.454 e. The van der Waals surface area contributed by atoms with Crippen LogP contribution < -0.4 is 4.74 Å². The topological polar surface area (TPSA) is 9.23 Å². The number of ether oxygens (including phenoxy) is 1. The Morgan fingerprint density at radius 3 is 2.60 bits per heavy atom. The molecule has 2 rings (SSSR count). The fourth-order valence-electron chi connectivity index (χ4n) is 1.95. The van der Waals surface area contributed by atoms with Crippen molar-refractivity contribution in [1.82, 2.24) is 0 Å². The number of hydrogen-bond donors (Lipinski definition) is 0. The summed E-state index contributed by atoms with van der Waals surface area (Å²) < 4.78 is 20.8. The third kappa shape index (κ3) is 3.41. The Morgan fingerprint density at radius 2 is 1.95 bits per heavy atom. The molecule has 2 aromatic rings. The van der Waals surface area contributed by atoms with Gasteiger partial charge in [0.15, 0.2) is 11.6 Å². The fraction of sp³-hybridized carbons (Fsp3) is 0.250. The van der Waals surface area contributed by atoms with Gasteiger partial charge in [-0.3, -0.25) is 0 Å². The molecule has 0 fully saturated rings. The highest BCUT2D eigenvalue weighted by atomic mass is 79.9. The molecule has 0 unspecified atom stereocenters. The SMILES string of the molecule is CC(C)c1cc(Br)ccc1Oc1c(F)cccc1CBr. The minimum atomic E-state index is -0.348. The third-order valence-corrected chi connectivity index (χ3v) is 4.10. The van der Waals surface area contributed by atoms with E-state index in [4.69, 9.17) is 4.74 Å². The van der Waals surface area contributed by atoms with Gasteiger partial charge in [-0.2, -0.15) is 0 Å². The van der Waals surface area contributed by atoms with Gasteiger partial charge in [-0.25, -0.2) is 4.39 Å². The molecule has 1 nitrogen and oxygen atoms in total. The van der Waals surface area contributed by atoms with E-state index in [-0.39, 0.29) is 11.6 Å². The predicted octanol–water partition coefficient (Wildman–Crippen LogP) is 6.40. The van der Waals surface area contributed by atoms with Crippen LogP contribution in [0.3, 0.4) is 0 Å². The second kappa shape index (κ2) is 6.72. The van der Waals surface area contributed by atoms with E-state index in [2.05, 4.69) is 45.7 Å². The van der Waals surface area contributed by atoms with Crippen LogP contribution in [-0.4, -0.2) is 0 Å². The van der Waals surface area contributed by atoms with Gasteiger partial charge < -0.3 is 4.74 Å². The van der Waals surface area contributed by atoms with E-state index in [0.717, 1.165) is 15.6 Å². The lowest BCUT2D eigenvalue weighted by Gasteiger charge is -2.16. The summed E-state index contributed by atoms with van der Waals surface area (Å²) in [5.74, 6) is 0.922. The molecule has 0 aliphatic heterocycles. The third-order valence-electron chi connectivity index (χ3n) is 3.00. The van der Waals surface area contributed by atoms with Crippen molar-refractivity contribution >= 4 is 31.9 Å². The molecule has 0 atom stereocenters. The van der Waals surface area contributed by atoms with Crippen molar-refractivity contribution in [3.8, 4) is 11.5 Å². The summed E-state index contributed by atoms with van der Waals surface area (Å²) in [4.78, 5) is 0. The van der Waals surface area contributed by atoms with E-state index >= 15 is 0 Å². The van der Waals surface area contributed by atoms with E-state index < -0.39 is 0 Å². The van der Waals surface area contributed by atoms with Gasteiger partial charge in [0, 0.05) is 15.4 Å². The van der Waals surface area contributed by atoms with Crippen LogP contribution in [0.1, 0.15) is 30.9 Å². The lowest BCUT2D eigenvalue weighted by atomic mass is 10.0. The Morgan fingerprint density at radius 1 is 1.20 bits per heavy atom. The quantitative estimate of drug-likeness (QED) is 0.538. The highest BCUT2D eigenvalue weighted by Crippen LogP contribution is 2.35. The van der Waals surface area contributed by atoms with Crippen LogP contribution >= 0.6 is 31.9 Å². The van der Waals surface area contributed by atoms with E-state index in [1.54, 1.807) is 6.07 Å². The summed E-state index contributed by atoms with van der Waals surface area (Å²) in [7, 11) is 0. The molecule has 0 N–H and O–H groups in total. The average Bonchev–Trinajstić information content (AvgIpc) is 2.42. The monoisotopic (exact) mass is 400 g/mol. The molecule has 0 aliphatic carbocycles. The number of alkyl halides is 1. The molecule has 106 valence electrons. The van der Waals surface area contributed by atoms with Gasteiger partial charge in [-0.1, -0.05) is 57.8 Å². The van der Waals surface area contributed by atoms with Gasteiger partial charge in [0.05, 0.1) is 0 Å². The molecule has 2 aromatic carbocycles. The second-order valence-electron chi connectivity index (χ2n) is 4.80. The molecule has 4 heteroatoms. The Balaban J connectivity index is 2.45. The maximum atomic E-state index is 14.0. The lowest BCUT2D eigenvalue weighted by Crippen LogP contribution is -1.98. The zero-order valence-corrected chi connectivity index (χ0v) is 14.5. The van der Waals surface area contributed by atoms with Crippen LogP contribution in [0.4, 0.5) is 4.39 Å². The molecular formula is C16H15Br2FO. The first-order valence-electron chi connectivity index (χ1n) is 6.33. The van der Waals surface area contributed by atoms with Gasteiger partial charge in [0.1, 0.15) is 5.75 Å². The number of benzene rings is 2. The van der Waals surface area contributed by atoms with Crippen LogP contribution in [0.25, 0.3) is 0 Å². The van der Waals surface area contributed by atoms with Gasteiger partial charge in [-0.05, 0) is 35.7 Å². The van der Waals surface area contributed by atoms with Gasteiger partial charge in [-0.15, -0.1) is 0 Å². The summed E-state index contributed by atoms with van der Waals surface area (Å²) in [6.45, 7) is 4.17. The van der Waals surface area contributed by atoms with E-state index in [9.17, 15) is 4.39 Å². The van der Waals surface area contributed by atoms with Crippen LogP contribution in [0, 0.1) is 5.82 Å². The average molecular weight is 402 g/mol. The van der Waals surface area contributed by atoms with Crippen LogP contribution in [0.5, 0.6) is 11.5 Å². The van der Waals surface area contributed by atoms with Gasteiger partial charge >= 0.3 is 0 Å². The zero-order valence-electron chi connectivity index (χ0n) is 11.3. The standard InChI is InChI=1S/C16H15Br2FO/c1-10(2)13-8-12(18)6-7-15(13)20-16-11(9-17)4-3-5-14(16)19/h3-8,10H,9H2,1-2H3. The predicted molar refractivity (Wildman–Crippen MR) is 87.3 cm³/mol. The first-order chi connectivity index (χ1) is 9.52. The Kier molecular flexibility index (Phi) is 5.22. The molecule has 0 bridgehead atoms. The van der Waals surface area contributed by atoms with Gasteiger partial charge in [0.25, 0.3) is 0 Å². The van der Waals surface area contributed by atoms with E-state index in [1.165, 1.54) is 6.07 Å². The molecule has 20 heavy (non-hydrogen) atoms.